The third-order valence-corrected chi connectivity index (χ3v) is 6.88. The van der Waals surface area contributed by atoms with E-state index in [0.29, 0.717) is 28.2 Å². The summed E-state index contributed by atoms with van der Waals surface area (Å²) in [6.45, 7) is 3.80. The highest BCUT2D eigenvalue weighted by atomic mass is 19.1. The Kier molecular flexibility index (Phi) is 9.42. The van der Waals surface area contributed by atoms with Crippen LogP contribution < -0.4 is 30.8 Å². The third-order valence-electron chi connectivity index (χ3n) is 6.88. The van der Waals surface area contributed by atoms with E-state index in [2.05, 4.69) is 10.3 Å². The monoisotopic (exact) mass is 632 g/mol. The molecule has 1 amide bonds. The number of nitrogens with zero attached hydrogens (tertiary/aromatic N) is 3. The van der Waals surface area contributed by atoms with Crippen LogP contribution in [0.5, 0.6) is 23.0 Å². The van der Waals surface area contributed by atoms with Crippen LogP contribution in [0.15, 0.2) is 82.6 Å². The predicted molar refractivity (Wildman–Crippen MR) is 167 cm³/mol. The summed E-state index contributed by atoms with van der Waals surface area (Å²) in [4.78, 5) is 44.3. The molecule has 5 aromatic rings. The molecule has 3 aromatic carbocycles. The predicted octanol–water partition coefficient (Wildman–Crippen LogP) is 5.31. The van der Waals surface area contributed by atoms with Gasteiger partial charge in [0.25, 0.3) is 11.5 Å². The van der Waals surface area contributed by atoms with Crippen molar-refractivity contribution < 1.29 is 32.5 Å². The molecule has 5 rings (SSSR count). The number of ether oxygens (including phenoxy) is 4. The molecule has 13 heteroatoms. The number of fused-ring (bicyclic) bond motifs is 1. The van der Waals surface area contributed by atoms with E-state index in [1.165, 1.54) is 44.7 Å². The average Bonchev–Trinajstić information content (AvgIpc) is 3.03. The van der Waals surface area contributed by atoms with Crippen LogP contribution in [0, 0.1) is 11.6 Å². The minimum Gasteiger partial charge on any atom is -0.493 e. The maximum atomic E-state index is 15.3. The largest absolute Gasteiger partial charge is 0.493 e. The molecule has 2 aromatic heterocycles. The summed E-state index contributed by atoms with van der Waals surface area (Å²) in [7, 11) is 2.99. The zero-order valence-electron chi connectivity index (χ0n) is 25.4. The molecule has 238 valence electrons. The van der Waals surface area contributed by atoms with Gasteiger partial charge in [-0.25, -0.2) is 18.1 Å². The number of pyridine rings is 1. The molecular formula is C33H30F2N4O7. The Balaban J connectivity index is 1.44. The van der Waals surface area contributed by atoms with Gasteiger partial charge >= 0.3 is 5.69 Å². The number of amides is 1. The van der Waals surface area contributed by atoms with Gasteiger partial charge in [-0.2, -0.15) is 0 Å². The van der Waals surface area contributed by atoms with Gasteiger partial charge in [-0.3, -0.25) is 19.1 Å². The standard InChI is InChI=1S/C33H30F2N4O7/c1-19(2)45-14-13-38-18-24(32(41)39(33(38)42)22-8-5-20(34)6-9-22)31(40)37-21-7-10-28(25(35)15-21)46-27-11-12-36-26-17-30(44-4)29(43-3)16-23(26)27/h5-12,15-19H,13-14H2,1-4H3,(H,37,40). The van der Waals surface area contributed by atoms with Gasteiger partial charge in [-0.15, -0.1) is 0 Å². The first-order chi connectivity index (χ1) is 22.1. The Morgan fingerprint density at radius 1 is 0.913 bits per heavy atom. The van der Waals surface area contributed by atoms with E-state index < -0.39 is 34.4 Å². The minimum atomic E-state index is -0.938. The van der Waals surface area contributed by atoms with Crippen LogP contribution in [0.1, 0.15) is 24.2 Å². The molecule has 0 radical (unpaired) electrons. The van der Waals surface area contributed by atoms with Crippen LogP contribution in [0.2, 0.25) is 0 Å². The van der Waals surface area contributed by atoms with Crippen LogP contribution in [-0.4, -0.2) is 47.0 Å². The van der Waals surface area contributed by atoms with E-state index in [1.807, 2.05) is 13.8 Å². The molecule has 2 heterocycles. The summed E-state index contributed by atoms with van der Waals surface area (Å²) < 4.78 is 52.9. The topological polar surface area (TPSA) is 123 Å². The zero-order valence-corrected chi connectivity index (χ0v) is 25.4. The van der Waals surface area contributed by atoms with E-state index in [1.54, 1.807) is 18.2 Å². The van der Waals surface area contributed by atoms with Gasteiger partial charge < -0.3 is 24.3 Å². The number of methoxy groups -OCH3 is 2. The first-order valence-electron chi connectivity index (χ1n) is 14.1. The highest BCUT2D eigenvalue weighted by Crippen LogP contribution is 2.37. The summed E-state index contributed by atoms with van der Waals surface area (Å²) in [5.41, 5.74) is -1.46. The quantitative estimate of drug-likeness (QED) is 0.208. The van der Waals surface area contributed by atoms with Crippen LogP contribution in [-0.2, 0) is 11.3 Å². The normalized spacial score (nSPS) is 11.1. The van der Waals surface area contributed by atoms with E-state index in [0.717, 1.165) is 33.5 Å². The second-order valence-electron chi connectivity index (χ2n) is 10.3. The highest BCUT2D eigenvalue weighted by molar-refractivity contribution is 6.04. The maximum Gasteiger partial charge on any atom is 0.335 e. The number of hydrogen-bond donors (Lipinski definition) is 1. The van der Waals surface area contributed by atoms with E-state index in [4.69, 9.17) is 18.9 Å². The van der Waals surface area contributed by atoms with Gasteiger partial charge in [0, 0.05) is 35.6 Å². The number of rotatable bonds is 11. The maximum absolute atomic E-state index is 15.3. The number of hydrogen-bond acceptors (Lipinski definition) is 8. The van der Waals surface area contributed by atoms with Gasteiger partial charge in [0.05, 0.1) is 44.7 Å². The molecule has 0 saturated heterocycles. The first kappa shape index (κ1) is 31.9. The van der Waals surface area contributed by atoms with E-state index >= 15 is 4.39 Å². The van der Waals surface area contributed by atoms with Crippen molar-refractivity contribution in [2.45, 2.75) is 26.5 Å². The first-order valence-corrected chi connectivity index (χ1v) is 14.1. The second kappa shape index (κ2) is 13.6. The van der Waals surface area contributed by atoms with E-state index in [-0.39, 0.29) is 36.4 Å². The van der Waals surface area contributed by atoms with Crippen molar-refractivity contribution in [3.05, 3.63) is 111 Å². The van der Waals surface area contributed by atoms with Crippen LogP contribution >= 0.6 is 0 Å². The van der Waals surface area contributed by atoms with Crippen molar-refractivity contribution in [1.29, 1.82) is 0 Å². The van der Waals surface area contributed by atoms with Gasteiger partial charge in [-0.05, 0) is 62.4 Å². The Bertz CT molecular complexity index is 2020. The lowest BCUT2D eigenvalue weighted by Crippen LogP contribution is -2.42. The van der Waals surface area contributed by atoms with Crippen molar-refractivity contribution in [3.8, 4) is 28.7 Å². The number of anilines is 1. The lowest BCUT2D eigenvalue weighted by atomic mass is 10.1. The summed E-state index contributed by atoms with van der Waals surface area (Å²) in [6.07, 6.45) is 2.51. The molecule has 0 fully saturated rings. The van der Waals surface area contributed by atoms with Crippen LogP contribution in [0.25, 0.3) is 16.6 Å². The Labute approximate surface area is 261 Å². The minimum absolute atomic E-state index is 0.0227. The molecule has 0 bridgehead atoms. The smallest absolute Gasteiger partial charge is 0.335 e. The van der Waals surface area contributed by atoms with Gasteiger partial charge in [0.15, 0.2) is 23.1 Å². The average molecular weight is 633 g/mol. The molecule has 0 spiro atoms. The van der Waals surface area contributed by atoms with Gasteiger partial charge in [-0.1, -0.05) is 0 Å². The summed E-state index contributed by atoms with van der Waals surface area (Å²) >= 11 is 0. The van der Waals surface area contributed by atoms with Crippen molar-refractivity contribution in [1.82, 2.24) is 14.1 Å². The Morgan fingerprint density at radius 3 is 2.30 bits per heavy atom. The number of carbonyl (C=O) groups excluding carboxylic acids is 1. The van der Waals surface area contributed by atoms with Crippen LogP contribution in [0.3, 0.4) is 0 Å². The Hall–Kier alpha value is -5.56. The molecule has 46 heavy (non-hydrogen) atoms. The summed E-state index contributed by atoms with van der Waals surface area (Å²) in [6, 6.07) is 13.3. The molecule has 0 unspecified atom stereocenters. The SMILES string of the molecule is COc1cc2nccc(Oc3ccc(NC(=O)c4cn(CCOC(C)C)c(=O)n(-c5ccc(F)cc5)c4=O)cc3F)c2cc1OC. The van der Waals surface area contributed by atoms with Crippen molar-refractivity contribution in [3.63, 3.8) is 0 Å². The third kappa shape index (κ3) is 6.74. The molecular weight excluding hydrogens is 602 g/mol. The fourth-order valence-corrected chi connectivity index (χ4v) is 4.64. The summed E-state index contributed by atoms with van der Waals surface area (Å²) in [5.74, 6) is -1.21. The highest BCUT2D eigenvalue weighted by Gasteiger charge is 2.20. The summed E-state index contributed by atoms with van der Waals surface area (Å²) in [5, 5.41) is 3.05. The number of benzene rings is 3. The Morgan fingerprint density at radius 2 is 1.63 bits per heavy atom. The molecule has 0 atom stereocenters. The molecule has 0 saturated carbocycles. The van der Waals surface area contributed by atoms with Crippen molar-refractivity contribution in [2.75, 3.05) is 26.1 Å². The number of aromatic nitrogens is 3. The molecule has 0 aliphatic rings. The zero-order chi connectivity index (χ0) is 33.0. The van der Waals surface area contributed by atoms with Crippen molar-refractivity contribution in [2.24, 2.45) is 0 Å². The van der Waals surface area contributed by atoms with E-state index in [9.17, 15) is 18.8 Å². The fourth-order valence-electron chi connectivity index (χ4n) is 4.64. The number of carbonyl (C=O) groups is 1. The molecule has 1 N–H and O–H groups in total. The van der Waals surface area contributed by atoms with Gasteiger partial charge in [0.1, 0.15) is 17.1 Å². The lowest BCUT2D eigenvalue weighted by molar-refractivity contribution is 0.0717. The van der Waals surface area contributed by atoms with Crippen molar-refractivity contribution >= 4 is 22.5 Å². The van der Waals surface area contributed by atoms with Crippen LogP contribution in [0.4, 0.5) is 14.5 Å². The second-order valence-corrected chi connectivity index (χ2v) is 10.3. The lowest BCUT2D eigenvalue weighted by Gasteiger charge is -2.15. The number of nitrogens with one attached hydrogen (secondary N) is 1. The number of halogens is 2. The molecule has 0 aliphatic carbocycles. The molecule has 0 aliphatic heterocycles. The van der Waals surface area contributed by atoms with Gasteiger partial charge in [0.2, 0.25) is 0 Å². The molecule has 11 nitrogen and oxygen atoms in total. The fraction of sp³-hybridized carbons (Fsp3) is 0.212.